The zero-order valence-corrected chi connectivity index (χ0v) is 22.7. The molecular weight excluding hydrogens is 550 g/mol. The summed E-state index contributed by atoms with van der Waals surface area (Å²) in [5, 5.41) is 35.2. The third-order valence-electron chi connectivity index (χ3n) is 6.22. The third kappa shape index (κ3) is 11.6. The molecule has 0 radical (unpaired) electrons. The van der Waals surface area contributed by atoms with Crippen LogP contribution in [0.1, 0.15) is 36.8 Å². The highest BCUT2D eigenvalue weighted by atomic mass is 16.4. The van der Waals surface area contributed by atoms with Gasteiger partial charge in [0.1, 0.15) is 23.9 Å². The second-order valence-electron chi connectivity index (χ2n) is 9.63. The van der Waals surface area contributed by atoms with E-state index in [1.165, 1.54) is 12.1 Å². The molecule has 14 nitrogen and oxygen atoms in total. The molecule has 0 saturated carbocycles. The summed E-state index contributed by atoms with van der Waals surface area (Å²) in [5.74, 6) is -5.96. The number of carboxylic acids is 2. The summed E-state index contributed by atoms with van der Waals surface area (Å²) in [5.41, 5.74) is 12.5. The summed E-state index contributed by atoms with van der Waals surface area (Å²) in [6.45, 7) is 0. The van der Waals surface area contributed by atoms with Gasteiger partial charge >= 0.3 is 11.9 Å². The highest BCUT2D eigenvalue weighted by Crippen LogP contribution is 2.12. The Morgan fingerprint density at radius 2 is 1.19 bits per heavy atom. The van der Waals surface area contributed by atoms with Gasteiger partial charge in [0.25, 0.3) is 0 Å². The average Bonchev–Trinajstić information content (AvgIpc) is 2.93. The zero-order valence-electron chi connectivity index (χ0n) is 22.7. The van der Waals surface area contributed by atoms with Gasteiger partial charge in [0, 0.05) is 19.3 Å². The Morgan fingerprint density at radius 1 is 0.667 bits per heavy atom. The maximum Gasteiger partial charge on any atom is 0.326 e. The Morgan fingerprint density at radius 3 is 1.76 bits per heavy atom. The first-order valence-electron chi connectivity index (χ1n) is 13.1. The molecule has 0 aromatic heterocycles. The topological polar surface area (TPSA) is 251 Å². The van der Waals surface area contributed by atoms with E-state index in [2.05, 4.69) is 16.0 Å². The molecule has 0 saturated heterocycles. The molecule has 0 bridgehead atoms. The van der Waals surface area contributed by atoms with Crippen LogP contribution in [0.2, 0.25) is 0 Å². The number of hydrogen-bond acceptors (Lipinski definition) is 8. The van der Waals surface area contributed by atoms with Crippen LogP contribution in [0.25, 0.3) is 0 Å². The zero-order chi connectivity index (χ0) is 31.2. The molecule has 4 atom stereocenters. The third-order valence-corrected chi connectivity index (χ3v) is 6.22. The van der Waals surface area contributed by atoms with Crippen molar-refractivity contribution in [1.82, 2.24) is 16.0 Å². The number of carbonyl (C=O) groups excluding carboxylic acids is 4. The molecule has 4 amide bonds. The standard InChI is InChI=1S/C28H35N5O9/c29-19(14-17-6-8-18(34)9-7-17)25(38)33-22(15-16-4-2-1-3-5-16)27(40)31-20(11-13-24(36)37)26(39)32-21(28(41)42)10-12-23(30)35/h1-9,19-22,34H,10-15,29H2,(H2,30,35)(H,31,40)(H,32,39)(H,33,38)(H,36,37)(H,41,42). The fourth-order valence-corrected chi connectivity index (χ4v) is 3.94. The van der Waals surface area contributed by atoms with Gasteiger partial charge in [-0.15, -0.1) is 0 Å². The summed E-state index contributed by atoms with van der Waals surface area (Å²) in [7, 11) is 0. The first-order chi connectivity index (χ1) is 19.8. The van der Waals surface area contributed by atoms with E-state index in [9.17, 15) is 39.0 Å². The van der Waals surface area contributed by atoms with E-state index < -0.39 is 66.2 Å². The van der Waals surface area contributed by atoms with E-state index in [0.717, 1.165) is 0 Å². The normalized spacial score (nSPS) is 13.5. The van der Waals surface area contributed by atoms with Gasteiger partial charge in [0.2, 0.25) is 23.6 Å². The van der Waals surface area contributed by atoms with E-state index in [1.807, 2.05) is 0 Å². The number of phenolic OH excluding ortho intramolecular Hbond substituents is 1. The number of primary amides is 1. The lowest BCUT2D eigenvalue weighted by atomic mass is 10.0. The van der Waals surface area contributed by atoms with E-state index in [1.54, 1.807) is 42.5 Å². The number of aliphatic carboxylic acids is 2. The minimum Gasteiger partial charge on any atom is -0.508 e. The smallest absolute Gasteiger partial charge is 0.326 e. The van der Waals surface area contributed by atoms with Crippen LogP contribution in [0.3, 0.4) is 0 Å². The minimum absolute atomic E-state index is 0.00598. The first kappa shape index (κ1) is 33.2. The van der Waals surface area contributed by atoms with Gasteiger partial charge in [-0.25, -0.2) is 4.79 Å². The van der Waals surface area contributed by atoms with Crippen LogP contribution in [0, 0.1) is 0 Å². The number of carbonyl (C=O) groups is 6. The van der Waals surface area contributed by atoms with Crippen molar-refractivity contribution in [3.63, 3.8) is 0 Å². The van der Waals surface area contributed by atoms with Crippen LogP contribution < -0.4 is 27.4 Å². The number of aromatic hydroxyl groups is 1. The predicted octanol–water partition coefficient (Wildman–Crippen LogP) is -0.826. The highest BCUT2D eigenvalue weighted by Gasteiger charge is 2.31. The van der Waals surface area contributed by atoms with E-state index in [4.69, 9.17) is 16.6 Å². The molecule has 0 spiro atoms. The molecule has 0 heterocycles. The quantitative estimate of drug-likeness (QED) is 0.114. The van der Waals surface area contributed by atoms with E-state index in [0.29, 0.717) is 11.1 Å². The number of nitrogens with two attached hydrogens (primary N) is 2. The Kier molecular flexibility index (Phi) is 12.9. The highest BCUT2D eigenvalue weighted by molar-refractivity contribution is 5.94. The van der Waals surface area contributed by atoms with Crippen LogP contribution in [-0.2, 0) is 41.6 Å². The molecule has 2 aromatic carbocycles. The second kappa shape index (κ2) is 16.3. The van der Waals surface area contributed by atoms with E-state index >= 15 is 0 Å². The molecular formula is C28H35N5O9. The molecule has 0 aliphatic heterocycles. The van der Waals surface area contributed by atoms with Crippen molar-refractivity contribution in [2.45, 2.75) is 62.7 Å². The van der Waals surface area contributed by atoms with E-state index in [-0.39, 0.29) is 37.9 Å². The van der Waals surface area contributed by atoms with Crippen LogP contribution in [-0.4, -0.2) is 75.1 Å². The van der Waals surface area contributed by atoms with Gasteiger partial charge in [-0.05, 0) is 42.5 Å². The van der Waals surface area contributed by atoms with Crippen molar-refractivity contribution < 1.29 is 44.1 Å². The number of nitrogens with one attached hydrogen (secondary N) is 3. The van der Waals surface area contributed by atoms with Crippen LogP contribution in [0.5, 0.6) is 5.75 Å². The van der Waals surface area contributed by atoms with Crippen LogP contribution in [0.4, 0.5) is 0 Å². The van der Waals surface area contributed by atoms with Crippen molar-refractivity contribution in [1.29, 1.82) is 0 Å². The lowest BCUT2D eigenvalue weighted by molar-refractivity contribution is -0.143. The van der Waals surface area contributed by atoms with Crippen molar-refractivity contribution in [3.05, 3.63) is 65.7 Å². The molecule has 42 heavy (non-hydrogen) atoms. The Labute approximate surface area is 241 Å². The summed E-state index contributed by atoms with van der Waals surface area (Å²) in [6.07, 6.45) is -1.49. The van der Waals surface area contributed by atoms with Crippen molar-refractivity contribution in [2.24, 2.45) is 11.5 Å². The Balaban J connectivity index is 2.22. The molecule has 0 aliphatic rings. The molecule has 226 valence electrons. The van der Waals surface area contributed by atoms with Gasteiger partial charge in [0.15, 0.2) is 0 Å². The monoisotopic (exact) mass is 585 g/mol. The van der Waals surface area contributed by atoms with Gasteiger partial charge in [-0.2, -0.15) is 0 Å². The van der Waals surface area contributed by atoms with Crippen LogP contribution in [0.15, 0.2) is 54.6 Å². The number of carboxylic acid groups (broad SMARTS) is 2. The molecule has 2 aromatic rings. The number of amides is 4. The maximum atomic E-state index is 13.4. The van der Waals surface area contributed by atoms with Gasteiger partial charge in [-0.3, -0.25) is 24.0 Å². The Hall–Kier alpha value is -4.98. The molecule has 4 unspecified atom stereocenters. The molecule has 2 rings (SSSR count). The predicted molar refractivity (Wildman–Crippen MR) is 149 cm³/mol. The van der Waals surface area contributed by atoms with Crippen molar-refractivity contribution >= 4 is 35.6 Å². The number of hydrogen-bond donors (Lipinski definition) is 8. The maximum absolute atomic E-state index is 13.4. The lowest BCUT2D eigenvalue weighted by Crippen LogP contribution is -2.57. The molecule has 0 aliphatic carbocycles. The van der Waals surface area contributed by atoms with Gasteiger partial charge in [-0.1, -0.05) is 42.5 Å². The molecule has 14 heteroatoms. The lowest BCUT2D eigenvalue weighted by Gasteiger charge is -2.25. The molecule has 10 N–H and O–H groups in total. The molecule has 0 fully saturated rings. The first-order valence-corrected chi connectivity index (χ1v) is 13.1. The Bertz CT molecular complexity index is 1250. The fraction of sp³-hybridized carbons (Fsp3) is 0.357. The van der Waals surface area contributed by atoms with Crippen molar-refractivity contribution in [2.75, 3.05) is 0 Å². The summed E-state index contributed by atoms with van der Waals surface area (Å²) in [4.78, 5) is 73.2. The van der Waals surface area contributed by atoms with Gasteiger partial charge < -0.3 is 42.7 Å². The summed E-state index contributed by atoms with van der Waals surface area (Å²) in [6, 6.07) is 9.39. The summed E-state index contributed by atoms with van der Waals surface area (Å²) < 4.78 is 0. The fourth-order valence-electron chi connectivity index (χ4n) is 3.94. The van der Waals surface area contributed by atoms with Crippen molar-refractivity contribution in [3.8, 4) is 5.75 Å². The van der Waals surface area contributed by atoms with Gasteiger partial charge in [0.05, 0.1) is 6.04 Å². The summed E-state index contributed by atoms with van der Waals surface area (Å²) >= 11 is 0. The number of rotatable bonds is 17. The largest absolute Gasteiger partial charge is 0.508 e. The second-order valence-corrected chi connectivity index (χ2v) is 9.63. The SMILES string of the molecule is NC(=O)CCC(NC(=O)C(CCC(=O)O)NC(=O)C(Cc1ccccc1)NC(=O)C(N)Cc1ccc(O)cc1)C(=O)O. The minimum atomic E-state index is -1.52. The average molecular weight is 586 g/mol. The number of phenols is 1. The van der Waals surface area contributed by atoms with Crippen LogP contribution >= 0.6 is 0 Å². The number of benzene rings is 2.